The van der Waals surface area contributed by atoms with E-state index >= 15 is 0 Å². The first kappa shape index (κ1) is 28.9. The molecule has 0 radical (unpaired) electrons. The fourth-order valence-corrected chi connectivity index (χ4v) is 3.78. The van der Waals surface area contributed by atoms with Crippen LogP contribution in [0.25, 0.3) is 0 Å². The number of carbonyl (C=O) groups is 4. The third-order valence-electron chi connectivity index (χ3n) is 5.49. The summed E-state index contributed by atoms with van der Waals surface area (Å²) in [6.07, 6.45) is 4.29. The predicted octanol–water partition coefficient (Wildman–Crippen LogP) is 3.48. The fraction of sp³-hybridized carbons (Fsp3) is 0.357. The summed E-state index contributed by atoms with van der Waals surface area (Å²) in [7, 11) is 0. The number of ether oxygens (including phenoxy) is 1. The van der Waals surface area contributed by atoms with Gasteiger partial charge in [-0.15, -0.1) is 0 Å². The van der Waals surface area contributed by atoms with E-state index < -0.39 is 47.9 Å². The second kappa shape index (κ2) is 12.1. The maximum absolute atomic E-state index is 13.7. The van der Waals surface area contributed by atoms with Gasteiger partial charge in [0.15, 0.2) is 0 Å². The number of primary amides is 1. The lowest BCUT2D eigenvalue weighted by molar-refractivity contribution is -0.138. The Morgan fingerprint density at radius 2 is 1.57 bits per heavy atom. The van der Waals surface area contributed by atoms with Gasteiger partial charge in [0.2, 0.25) is 5.91 Å². The molecule has 9 nitrogen and oxygen atoms in total. The fourth-order valence-electron chi connectivity index (χ4n) is 3.78. The van der Waals surface area contributed by atoms with Crippen LogP contribution in [0.2, 0.25) is 0 Å². The van der Waals surface area contributed by atoms with Gasteiger partial charge in [0.25, 0.3) is 11.8 Å². The summed E-state index contributed by atoms with van der Waals surface area (Å²) in [4.78, 5) is 52.4. The Bertz CT molecular complexity index is 1210. The highest BCUT2D eigenvalue weighted by Gasteiger charge is 2.37. The summed E-state index contributed by atoms with van der Waals surface area (Å²) in [6.45, 7) is 10.4. The molecule has 9 heteroatoms. The molecule has 0 bridgehead atoms. The Morgan fingerprint density at radius 3 is 2.08 bits per heavy atom. The largest absolute Gasteiger partial charge is 0.444 e. The lowest BCUT2D eigenvalue weighted by atomic mass is 9.97. The Labute approximate surface area is 217 Å². The number of alkyl carbamates (subject to hydrolysis) is 1. The first-order valence-corrected chi connectivity index (χ1v) is 11.7. The molecule has 2 aromatic carbocycles. The van der Waals surface area contributed by atoms with Crippen molar-refractivity contribution in [1.29, 1.82) is 0 Å². The van der Waals surface area contributed by atoms with Gasteiger partial charge < -0.3 is 21.1 Å². The minimum Gasteiger partial charge on any atom is -0.444 e. The number of hydrogen-bond acceptors (Lipinski definition) is 5. The topological polar surface area (TPSA) is 131 Å². The molecule has 196 valence electrons. The van der Waals surface area contributed by atoms with E-state index in [0.29, 0.717) is 16.8 Å². The third-order valence-corrected chi connectivity index (χ3v) is 5.49. The highest BCUT2D eigenvalue weighted by atomic mass is 16.6. The quantitative estimate of drug-likeness (QED) is 0.373. The first-order chi connectivity index (χ1) is 17.2. The molecule has 0 fully saturated rings. The van der Waals surface area contributed by atoms with Crippen molar-refractivity contribution in [2.75, 3.05) is 5.32 Å². The van der Waals surface area contributed by atoms with Crippen molar-refractivity contribution >= 4 is 29.5 Å². The molecular weight excluding hydrogens is 472 g/mol. The van der Waals surface area contributed by atoms with Crippen LogP contribution < -0.4 is 16.4 Å². The number of terminal acetylenes is 1. The van der Waals surface area contributed by atoms with Crippen LogP contribution in [0.3, 0.4) is 0 Å². The van der Waals surface area contributed by atoms with Crippen molar-refractivity contribution in [3.8, 4) is 12.5 Å². The zero-order valence-electron chi connectivity index (χ0n) is 22.0. The van der Waals surface area contributed by atoms with E-state index in [0.717, 1.165) is 16.0 Å². The molecule has 0 aromatic heterocycles. The summed E-state index contributed by atoms with van der Waals surface area (Å²) in [5, 5.41) is 5.26. The van der Waals surface area contributed by atoms with E-state index in [2.05, 4.69) is 16.7 Å². The van der Waals surface area contributed by atoms with E-state index in [-0.39, 0.29) is 0 Å². The number of nitrogens with zero attached hydrogens (tertiary/aromatic N) is 1. The molecule has 4 N–H and O–H groups in total. The number of nitrogens with two attached hydrogens (primary N) is 1. The van der Waals surface area contributed by atoms with Gasteiger partial charge in [0, 0.05) is 11.7 Å². The van der Waals surface area contributed by atoms with Crippen LogP contribution >= 0.6 is 0 Å². The zero-order chi connectivity index (χ0) is 27.9. The number of para-hydroxylation sites is 1. The van der Waals surface area contributed by atoms with E-state index in [1.54, 1.807) is 52.0 Å². The number of benzene rings is 2. The molecule has 2 rings (SSSR count). The molecule has 2 atom stereocenters. The van der Waals surface area contributed by atoms with E-state index in [1.807, 2.05) is 32.0 Å². The van der Waals surface area contributed by atoms with Gasteiger partial charge in [-0.2, -0.15) is 0 Å². The molecule has 0 aliphatic rings. The summed E-state index contributed by atoms with van der Waals surface area (Å²) in [5.41, 5.74) is 7.93. The zero-order valence-corrected chi connectivity index (χ0v) is 22.0. The van der Waals surface area contributed by atoms with Gasteiger partial charge in [0.1, 0.15) is 17.7 Å². The van der Waals surface area contributed by atoms with Gasteiger partial charge in [-0.25, -0.2) is 4.79 Å². The number of aryl methyl sites for hydroxylation is 3. The van der Waals surface area contributed by atoms with Crippen LogP contribution in [-0.2, 0) is 19.1 Å². The number of carbonyl (C=O) groups excluding carboxylic acids is 4. The van der Waals surface area contributed by atoms with Gasteiger partial charge in [-0.1, -0.05) is 48.9 Å². The first-order valence-electron chi connectivity index (χ1n) is 11.7. The van der Waals surface area contributed by atoms with Crippen LogP contribution in [0.5, 0.6) is 0 Å². The van der Waals surface area contributed by atoms with Crippen molar-refractivity contribution in [1.82, 2.24) is 10.2 Å². The van der Waals surface area contributed by atoms with Gasteiger partial charge >= 0.3 is 6.09 Å². The molecule has 2 unspecified atom stereocenters. The lowest BCUT2D eigenvalue weighted by Crippen LogP contribution is -2.52. The summed E-state index contributed by atoms with van der Waals surface area (Å²) < 4.78 is 5.23. The van der Waals surface area contributed by atoms with Crippen LogP contribution in [0.1, 0.15) is 55.5 Å². The van der Waals surface area contributed by atoms with Crippen molar-refractivity contribution in [3.63, 3.8) is 0 Å². The predicted molar refractivity (Wildman–Crippen MR) is 141 cm³/mol. The monoisotopic (exact) mass is 506 g/mol. The molecule has 0 aliphatic heterocycles. The lowest BCUT2D eigenvalue weighted by Gasteiger charge is -2.31. The molecule has 0 aliphatic carbocycles. The number of amides is 4. The molecule has 37 heavy (non-hydrogen) atoms. The number of rotatable bonds is 8. The molecule has 0 spiro atoms. The smallest absolute Gasteiger partial charge is 0.408 e. The van der Waals surface area contributed by atoms with Crippen LogP contribution in [-0.4, -0.2) is 40.4 Å². The van der Waals surface area contributed by atoms with E-state index in [9.17, 15) is 19.2 Å². The van der Waals surface area contributed by atoms with Crippen molar-refractivity contribution in [3.05, 3.63) is 64.7 Å². The van der Waals surface area contributed by atoms with Crippen molar-refractivity contribution in [2.45, 2.75) is 65.6 Å². The molecule has 2 aromatic rings. The maximum atomic E-state index is 13.7. The second-order valence-electron chi connectivity index (χ2n) is 9.72. The highest BCUT2D eigenvalue weighted by Crippen LogP contribution is 2.28. The number of nitrogens with one attached hydrogen (secondary N) is 2. The highest BCUT2D eigenvalue weighted by molar-refractivity contribution is 6.01. The minimum atomic E-state index is -1.46. The SMILES string of the molecule is C#CN(C(=O)C(CC(N)=O)NC(=O)OC(C)(C)C)C(C(=O)Nc1c(C)cccc1C)c1ccccc1C. The average molecular weight is 507 g/mol. The van der Waals surface area contributed by atoms with E-state index in [1.165, 1.54) is 0 Å². The average Bonchev–Trinajstić information content (AvgIpc) is 2.78. The molecule has 0 saturated carbocycles. The van der Waals surface area contributed by atoms with Gasteiger partial charge in [0.05, 0.1) is 6.42 Å². The molecular formula is C28H34N4O5. The minimum absolute atomic E-state index is 0.479. The van der Waals surface area contributed by atoms with E-state index in [4.69, 9.17) is 16.9 Å². The molecule has 4 amide bonds. The van der Waals surface area contributed by atoms with Crippen LogP contribution in [0.15, 0.2) is 42.5 Å². The van der Waals surface area contributed by atoms with Crippen molar-refractivity contribution < 1.29 is 23.9 Å². The maximum Gasteiger partial charge on any atom is 0.408 e. The molecule has 0 saturated heterocycles. The second-order valence-corrected chi connectivity index (χ2v) is 9.72. The normalized spacial score (nSPS) is 12.5. The van der Waals surface area contributed by atoms with Gasteiger partial charge in [-0.05, 0) is 63.8 Å². The Morgan fingerprint density at radius 1 is 1.00 bits per heavy atom. The summed E-state index contributed by atoms with van der Waals surface area (Å²) in [5.74, 6) is -2.27. The van der Waals surface area contributed by atoms with Crippen LogP contribution in [0, 0.1) is 33.2 Å². The summed E-state index contributed by atoms with van der Waals surface area (Å²) >= 11 is 0. The summed E-state index contributed by atoms with van der Waals surface area (Å²) in [6, 6.07) is 12.1. The third kappa shape index (κ3) is 7.84. The number of hydrogen-bond donors (Lipinski definition) is 3. The standard InChI is InChI=1S/C28H34N4O5/c1-8-32(26(35)21(16-22(29)33)30-27(36)37-28(5,6)7)24(20-15-10-9-12-17(20)2)25(34)31-23-18(3)13-11-14-19(23)4/h1,9-15,21,24H,16H2,2-7H3,(H2,29,33)(H,30,36)(H,31,34). The van der Waals surface area contributed by atoms with Crippen molar-refractivity contribution in [2.24, 2.45) is 5.73 Å². The Balaban J connectivity index is 2.53. The Kier molecular flexibility index (Phi) is 9.44. The number of anilines is 1. The van der Waals surface area contributed by atoms with Crippen LogP contribution in [0.4, 0.5) is 10.5 Å². The Hall–Kier alpha value is -4.32. The molecule has 0 heterocycles. The van der Waals surface area contributed by atoms with Gasteiger partial charge in [-0.3, -0.25) is 19.3 Å².